The summed E-state index contributed by atoms with van der Waals surface area (Å²) >= 11 is 0. The van der Waals surface area contributed by atoms with Crippen molar-refractivity contribution in [2.75, 3.05) is 44.2 Å². The lowest BCUT2D eigenvalue weighted by molar-refractivity contribution is -0.892. The highest BCUT2D eigenvalue weighted by molar-refractivity contribution is 5.94. The lowest BCUT2D eigenvalue weighted by Crippen LogP contribution is -3.16. The van der Waals surface area contributed by atoms with Crippen molar-refractivity contribution in [1.82, 2.24) is 10.6 Å². The maximum atomic E-state index is 12.1. The fourth-order valence-electron chi connectivity index (χ4n) is 3.81. The van der Waals surface area contributed by atoms with Crippen LogP contribution in [0.5, 0.6) is 0 Å². The molecule has 0 bridgehead atoms. The number of quaternary nitrogens is 1. The van der Waals surface area contributed by atoms with Gasteiger partial charge in [-0.2, -0.15) is 0 Å². The molecule has 1 aromatic rings. The van der Waals surface area contributed by atoms with Crippen LogP contribution in [0.4, 0.5) is 10.5 Å². The lowest BCUT2D eigenvalue weighted by atomic mass is 9.97. The number of nitrogens with zero attached hydrogens (tertiary/aromatic N) is 1. The first-order valence-electron chi connectivity index (χ1n) is 10.1. The molecule has 0 radical (unpaired) electrons. The lowest BCUT2D eigenvalue weighted by Gasteiger charge is -2.33. The van der Waals surface area contributed by atoms with E-state index in [9.17, 15) is 9.59 Å². The summed E-state index contributed by atoms with van der Waals surface area (Å²) in [5, 5.41) is 5.26. The normalized spacial score (nSPS) is 17.9. The van der Waals surface area contributed by atoms with Crippen molar-refractivity contribution in [2.24, 2.45) is 0 Å². The molecule has 3 rings (SSSR count). The second kappa shape index (κ2) is 10.1. The van der Waals surface area contributed by atoms with Gasteiger partial charge in [-0.1, -0.05) is 29.8 Å². The average molecular weight is 372 g/mol. The van der Waals surface area contributed by atoms with Crippen molar-refractivity contribution in [3.8, 4) is 0 Å². The van der Waals surface area contributed by atoms with Crippen molar-refractivity contribution in [3.63, 3.8) is 0 Å². The highest BCUT2D eigenvalue weighted by Gasteiger charge is 2.23. The average Bonchev–Trinajstić information content (AvgIpc) is 2.70. The predicted octanol–water partition coefficient (Wildman–Crippen LogP) is 1.11. The number of para-hydroxylation sites is 1. The zero-order chi connectivity index (χ0) is 18.9. The number of allylic oxidation sites excluding steroid dienone is 1. The Labute approximate surface area is 161 Å². The van der Waals surface area contributed by atoms with E-state index < -0.39 is 0 Å². The fraction of sp³-hybridized carbons (Fsp3) is 0.524. The van der Waals surface area contributed by atoms with Gasteiger partial charge in [0, 0.05) is 12.2 Å². The summed E-state index contributed by atoms with van der Waals surface area (Å²) in [6.45, 7) is 4.59. The fourth-order valence-corrected chi connectivity index (χ4v) is 3.81. The topological polar surface area (TPSA) is 65.9 Å². The molecule has 0 atom stereocenters. The van der Waals surface area contributed by atoms with E-state index in [4.69, 9.17) is 0 Å². The molecule has 1 saturated heterocycles. The van der Waals surface area contributed by atoms with E-state index in [1.54, 1.807) is 0 Å². The highest BCUT2D eigenvalue weighted by Crippen LogP contribution is 2.19. The van der Waals surface area contributed by atoms with Crippen LogP contribution in [-0.2, 0) is 4.79 Å². The Morgan fingerprint density at radius 2 is 1.85 bits per heavy atom. The Kier molecular flexibility index (Phi) is 7.27. The Balaban J connectivity index is 1.31. The summed E-state index contributed by atoms with van der Waals surface area (Å²) in [6.07, 6.45) is 7.98. The van der Waals surface area contributed by atoms with Crippen LogP contribution < -0.4 is 20.4 Å². The minimum atomic E-state index is -0.376. The molecule has 0 spiro atoms. The molecule has 6 heteroatoms. The van der Waals surface area contributed by atoms with E-state index >= 15 is 0 Å². The maximum Gasteiger partial charge on any atom is 0.321 e. The number of hydrogen-bond acceptors (Lipinski definition) is 3. The number of carbonyl (C=O) groups is 2. The molecule has 1 aliphatic carbocycles. The minimum Gasteiger partial charge on any atom is -0.360 e. The van der Waals surface area contributed by atoms with Gasteiger partial charge in [-0.15, -0.1) is 0 Å². The number of piperazine rings is 1. The van der Waals surface area contributed by atoms with Gasteiger partial charge in [0.2, 0.25) is 0 Å². The molecule has 6 nitrogen and oxygen atoms in total. The number of hydrogen-bond donors (Lipinski definition) is 3. The molecule has 1 aromatic carbocycles. The van der Waals surface area contributed by atoms with Crippen LogP contribution >= 0.6 is 0 Å². The summed E-state index contributed by atoms with van der Waals surface area (Å²) in [7, 11) is 0. The SMILES string of the molecule is O=C(C[NH+]1CCN(c2ccccc2)CC1)NC(=O)NCCC1=CCCCC1. The smallest absolute Gasteiger partial charge is 0.321 e. The van der Waals surface area contributed by atoms with E-state index in [2.05, 4.69) is 33.7 Å². The first-order chi connectivity index (χ1) is 13.2. The van der Waals surface area contributed by atoms with Gasteiger partial charge in [0.05, 0.1) is 26.2 Å². The quantitative estimate of drug-likeness (QED) is 0.657. The number of carbonyl (C=O) groups excluding carboxylic acids is 2. The molecule has 1 heterocycles. The van der Waals surface area contributed by atoms with Crippen LogP contribution in [0.3, 0.4) is 0 Å². The summed E-state index contributed by atoms with van der Waals surface area (Å²) in [5.74, 6) is -0.201. The van der Waals surface area contributed by atoms with Gasteiger partial charge in [-0.05, 0) is 44.2 Å². The Bertz CT molecular complexity index is 651. The molecular weight excluding hydrogens is 340 g/mol. The molecule has 3 amide bonds. The molecule has 2 aliphatic rings. The van der Waals surface area contributed by atoms with E-state index in [1.165, 1.54) is 29.0 Å². The molecule has 3 N–H and O–H groups in total. The summed E-state index contributed by atoms with van der Waals surface area (Å²) < 4.78 is 0. The van der Waals surface area contributed by atoms with Gasteiger partial charge in [-0.25, -0.2) is 4.79 Å². The van der Waals surface area contributed by atoms with E-state index in [0.29, 0.717) is 13.1 Å². The van der Waals surface area contributed by atoms with E-state index in [0.717, 1.165) is 45.4 Å². The molecule has 146 valence electrons. The minimum absolute atomic E-state index is 0.201. The molecular formula is C21H31N4O2+. The van der Waals surface area contributed by atoms with Crippen molar-refractivity contribution < 1.29 is 14.5 Å². The highest BCUT2D eigenvalue weighted by atomic mass is 16.2. The molecule has 0 unspecified atom stereocenters. The van der Waals surface area contributed by atoms with Crippen LogP contribution in [0.25, 0.3) is 0 Å². The molecule has 1 fully saturated rings. The predicted molar refractivity (Wildman–Crippen MR) is 107 cm³/mol. The van der Waals surface area contributed by atoms with Crippen LogP contribution in [0.1, 0.15) is 32.1 Å². The third kappa shape index (κ3) is 6.40. The number of imide groups is 1. The Morgan fingerprint density at radius 1 is 1.07 bits per heavy atom. The summed E-state index contributed by atoms with van der Waals surface area (Å²) in [5.41, 5.74) is 2.65. The monoisotopic (exact) mass is 371 g/mol. The number of benzene rings is 1. The zero-order valence-electron chi connectivity index (χ0n) is 16.0. The van der Waals surface area contributed by atoms with Crippen LogP contribution in [0, 0.1) is 0 Å². The third-order valence-electron chi connectivity index (χ3n) is 5.37. The number of anilines is 1. The van der Waals surface area contributed by atoms with E-state index in [1.807, 2.05) is 18.2 Å². The van der Waals surface area contributed by atoms with Gasteiger partial charge >= 0.3 is 6.03 Å². The van der Waals surface area contributed by atoms with Crippen LogP contribution in [0.2, 0.25) is 0 Å². The number of urea groups is 1. The van der Waals surface area contributed by atoms with E-state index in [-0.39, 0.29) is 11.9 Å². The largest absolute Gasteiger partial charge is 0.360 e. The Hall–Kier alpha value is -2.34. The molecule has 27 heavy (non-hydrogen) atoms. The molecule has 0 saturated carbocycles. The number of rotatable bonds is 6. The second-order valence-corrected chi connectivity index (χ2v) is 7.41. The zero-order valence-corrected chi connectivity index (χ0v) is 16.0. The van der Waals surface area contributed by atoms with Crippen molar-refractivity contribution in [3.05, 3.63) is 42.0 Å². The Morgan fingerprint density at radius 3 is 2.56 bits per heavy atom. The maximum absolute atomic E-state index is 12.1. The van der Waals surface area contributed by atoms with Gasteiger partial charge in [0.15, 0.2) is 6.54 Å². The number of amides is 3. The van der Waals surface area contributed by atoms with Gasteiger partial charge < -0.3 is 15.1 Å². The van der Waals surface area contributed by atoms with Crippen molar-refractivity contribution in [1.29, 1.82) is 0 Å². The number of nitrogens with one attached hydrogen (secondary N) is 3. The van der Waals surface area contributed by atoms with Crippen molar-refractivity contribution >= 4 is 17.6 Å². The standard InChI is InChI=1S/C21H30N4O2/c26-20(23-21(27)22-12-11-18-7-3-1-4-8-18)17-24-13-15-25(16-14-24)19-9-5-2-6-10-19/h2,5-7,9-10H,1,3-4,8,11-17H2,(H2,22,23,26,27)/p+1. The first-order valence-corrected chi connectivity index (χ1v) is 10.1. The van der Waals surface area contributed by atoms with Crippen molar-refractivity contribution in [2.45, 2.75) is 32.1 Å². The summed E-state index contributed by atoms with van der Waals surface area (Å²) in [6, 6.07) is 9.97. The third-order valence-corrected chi connectivity index (χ3v) is 5.37. The molecule has 0 aromatic heterocycles. The first kappa shape index (κ1) is 19.4. The molecule has 1 aliphatic heterocycles. The second-order valence-electron chi connectivity index (χ2n) is 7.41. The van der Waals surface area contributed by atoms with Crippen LogP contribution in [-0.4, -0.2) is 51.2 Å². The van der Waals surface area contributed by atoms with Gasteiger partial charge in [-0.3, -0.25) is 10.1 Å². The van der Waals surface area contributed by atoms with Gasteiger partial charge in [0.1, 0.15) is 0 Å². The summed E-state index contributed by atoms with van der Waals surface area (Å²) in [4.78, 5) is 27.6. The van der Waals surface area contributed by atoms with Crippen LogP contribution in [0.15, 0.2) is 42.0 Å². The van der Waals surface area contributed by atoms with Gasteiger partial charge in [0.25, 0.3) is 5.91 Å².